The van der Waals surface area contributed by atoms with Crippen LogP contribution in [0.3, 0.4) is 0 Å². The molecule has 0 atom stereocenters. The molecule has 1 heterocycles. The molecule has 1 fully saturated rings. The Balaban J connectivity index is 1.66. The van der Waals surface area contributed by atoms with Gasteiger partial charge in [0.15, 0.2) is 5.16 Å². The molecule has 132 valence electrons. The van der Waals surface area contributed by atoms with Crippen molar-refractivity contribution in [3.05, 3.63) is 51.4 Å². The summed E-state index contributed by atoms with van der Waals surface area (Å²) < 4.78 is 5.21. The van der Waals surface area contributed by atoms with Gasteiger partial charge in [0.05, 0.1) is 13.5 Å². The van der Waals surface area contributed by atoms with Gasteiger partial charge in [0.2, 0.25) is 5.91 Å². The van der Waals surface area contributed by atoms with E-state index < -0.39 is 0 Å². The Morgan fingerprint density at radius 3 is 2.92 bits per heavy atom. The van der Waals surface area contributed by atoms with E-state index in [2.05, 4.69) is 15.3 Å². The molecule has 1 amide bonds. The zero-order valence-electron chi connectivity index (χ0n) is 14.3. The Morgan fingerprint density at radius 1 is 1.44 bits per heavy atom. The highest BCUT2D eigenvalue weighted by molar-refractivity contribution is 7.98. The molecule has 6 nitrogen and oxygen atoms in total. The molecule has 1 saturated carbocycles. The Hall–Kier alpha value is -2.28. The van der Waals surface area contributed by atoms with Gasteiger partial charge in [0, 0.05) is 23.1 Å². The van der Waals surface area contributed by atoms with E-state index in [0.717, 1.165) is 24.2 Å². The number of hydrogen-bond donors (Lipinski definition) is 2. The first-order valence-corrected chi connectivity index (χ1v) is 9.18. The monoisotopic (exact) mass is 359 g/mol. The normalized spacial score (nSPS) is 13.5. The van der Waals surface area contributed by atoms with Gasteiger partial charge in [-0.1, -0.05) is 23.9 Å². The average Bonchev–Trinajstić information content (AvgIpc) is 3.40. The SMILES string of the molecule is COc1cccc(CSc2nc(C)c(CC(=O)NC3CC3)c(=O)[nH]2)c1. The highest BCUT2D eigenvalue weighted by atomic mass is 32.2. The van der Waals surface area contributed by atoms with Crippen LogP contribution in [0.5, 0.6) is 5.75 Å². The van der Waals surface area contributed by atoms with Crippen LogP contribution in [0.4, 0.5) is 0 Å². The predicted molar refractivity (Wildman–Crippen MR) is 97.0 cm³/mol. The minimum absolute atomic E-state index is 0.0749. The molecule has 3 rings (SSSR count). The molecule has 2 N–H and O–H groups in total. The van der Waals surface area contributed by atoms with Crippen molar-refractivity contribution in [3.8, 4) is 5.75 Å². The molecule has 1 aromatic heterocycles. The molecule has 7 heteroatoms. The van der Waals surface area contributed by atoms with Crippen molar-refractivity contribution < 1.29 is 9.53 Å². The maximum atomic E-state index is 12.3. The number of amides is 1. The fourth-order valence-electron chi connectivity index (χ4n) is 2.44. The third kappa shape index (κ3) is 4.85. The van der Waals surface area contributed by atoms with E-state index in [1.165, 1.54) is 11.8 Å². The second kappa shape index (κ2) is 7.74. The number of aryl methyl sites for hydroxylation is 1. The van der Waals surface area contributed by atoms with E-state index in [1.807, 2.05) is 24.3 Å². The number of aromatic nitrogens is 2. The molecule has 0 bridgehead atoms. The molecular formula is C18H21N3O3S. The lowest BCUT2D eigenvalue weighted by molar-refractivity contribution is -0.120. The van der Waals surface area contributed by atoms with Gasteiger partial charge in [-0.15, -0.1) is 0 Å². The summed E-state index contributed by atoms with van der Waals surface area (Å²) in [6, 6.07) is 8.06. The summed E-state index contributed by atoms with van der Waals surface area (Å²) in [5.41, 5.74) is 1.87. The van der Waals surface area contributed by atoms with E-state index in [1.54, 1.807) is 14.0 Å². The van der Waals surface area contributed by atoms with E-state index in [0.29, 0.717) is 22.2 Å². The molecule has 0 unspecified atom stereocenters. The van der Waals surface area contributed by atoms with Crippen molar-refractivity contribution in [2.75, 3.05) is 7.11 Å². The lowest BCUT2D eigenvalue weighted by atomic mass is 10.1. The Kier molecular flexibility index (Phi) is 5.43. The number of nitrogens with zero attached hydrogens (tertiary/aromatic N) is 1. The molecule has 0 spiro atoms. The van der Waals surface area contributed by atoms with Gasteiger partial charge in [-0.25, -0.2) is 4.98 Å². The fraction of sp³-hybridized carbons (Fsp3) is 0.389. The standard InChI is InChI=1S/C18H21N3O3S/c1-11-15(9-16(22)20-13-6-7-13)17(23)21-18(19-11)25-10-12-4-3-5-14(8-12)24-2/h3-5,8,13H,6-7,9-10H2,1-2H3,(H,20,22)(H,19,21,23). The number of H-pyrrole nitrogens is 1. The van der Waals surface area contributed by atoms with Crippen LogP contribution in [0, 0.1) is 6.92 Å². The van der Waals surface area contributed by atoms with Crippen LogP contribution in [0.25, 0.3) is 0 Å². The lowest BCUT2D eigenvalue weighted by Gasteiger charge is -2.08. The first kappa shape index (κ1) is 17.5. The molecular weight excluding hydrogens is 338 g/mol. The highest BCUT2D eigenvalue weighted by Gasteiger charge is 2.24. The molecule has 1 aromatic carbocycles. The van der Waals surface area contributed by atoms with Crippen LogP contribution >= 0.6 is 11.8 Å². The number of ether oxygens (including phenoxy) is 1. The van der Waals surface area contributed by atoms with Gasteiger partial charge in [0.1, 0.15) is 5.75 Å². The first-order chi connectivity index (χ1) is 12.0. The molecule has 2 aromatic rings. The summed E-state index contributed by atoms with van der Waals surface area (Å²) in [6.45, 7) is 1.77. The zero-order valence-corrected chi connectivity index (χ0v) is 15.1. The van der Waals surface area contributed by atoms with Crippen molar-refractivity contribution >= 4 is 17.7 Å². The first-order valence-electron chi connectivity index (χ1n) is 8.20. The highest BCUT2D eigenvalue weighted by Crippen LogP contribution is 2.22. The second-order valence-corrected chi connectivity index (χ2v) is 7.06. The number of hydrogen-bond acceptors (Lipinski definition) is 5. The van der Waals surface area contributed by atoms with Crippen LogP contribution in [0.2, 0.25) is 0 Å². The summed E-state index contributed by atoms with van der Waals surface area (Å²) in [7, 11) is 1.63. The number of nitrogens with one attached hydrogen (secondary N) is 2. The van der Waals surface area contributed by atoms with Crippen molar-refractivity contribution in [2.45, 2.75) is 43.1 Å². The quantitative estimate of drug-likeness (QED) is 0.585. The minimum atomic E-state index is -0.244. The van der Waals surface area contributed by atoms with E-state index in [-0.39, 0.29) is 23.9 Å². The predicted octanol–water partition coefficient (Wildman–Crippen LogP) is 2.20. The van der Waals surface area contributed by atoms with Gasteiger partial charge >= 0.3 is 0 Å². The third-order valence-electron chi connectivity index (χ3n) is 3.99. The fourth-order valence-corrected chi connectivity index (χ4v) is 3.29. The Bertz CT molecular complexity index is 831. The largest absolute Gasteiger partial charge is 0.497 e. The molecule has 1 aliphatic rings. The number of rotatable bonds is 7. The number of carbonyl (C=O) groups is 1. The van der Waals surface area contributed by atoms with Crippen LogP contribution in [0.1, 0.15) is 29.7 Å². The summed E-state index contributed by atoms with van der Waals surface area (Å²) in [5, 5.41) is 3.44. The van der Waals surface area contributed by atoms with Crippen LogP contribution in [-0.2, 0) is 17.0 Å². The summed E-state index contributed by atoms with van der Waals surface area (Å²) in [6.07, 6.45) is 2.13. The number of benzene rings is 1. The van der Waals surface area contributed by atoms with Gasteiger partial charge < -0.3 is 15.0 Å². The molecule has 25 heavy (non-hydrogen) atoms. The summed E-state index contributed by atoms with van der Waals surface area (Å²) in [5.74, 6) is 1.35. The Labute approximate surface area is 150 Å². The smallest absolute Gasteiger partial charge is 0.255 e. The van der Waals surface area contributed by atoms with E-state index in [9.17, 15) is 9.59 Å². The van der Waals surface area contributed by atoms with Crippen molar-refractivity contribution in [2.24, 2.45) is 0 Å². The van der Waals surface area contributed by atoms with Crippen molar-refractivity contribution in [3.63, 3.8) is 0 Å². The maximum Gasteiger partial charge on any atom is 0.255 e. The number of carbonyl (C=O) groups excluding carboxylic acids is 1. The number of methoxy groups -OCH3 is 1. The van der Waals surface area contributed by atoms with Crippen LogP contribution < -0.4 is 15.6 Å². The van der Waals surface area contributed by atoms with Gasteiger partial charge in [-0.3, -0.25) is 9.59 Å². The minimum Gasteiger partial charge on any atom is -0.497 e. The molecule has 0 aliphatic heterocycles. The van der Waals surface area contributed by atoms with Crippen molar-refractivity contribution in [1.82, 2.24) is 15.3 Å². The van der Waals surface area contributed by atoms with Crippen LogP contribution in [-0.4, -0.2) is 29.0 Å². The maximum absolute atomic E-state index is 12.3. The van der Waals surface area contributed by atoms with Crippen molar-refractivity contribution in [1.29, 1.82) is 0 Å². The second-order valence-electron chi connectivity index (χ2n) is 6.09. The topological polar surface area (TPSA) is 84.1 Å². The molecule has 0 radical (unpaired) electrons. The number of thioether (sulfide) groups is 1. The summed E-state index contributed by atoms with van der Waals surface area (Å²) in [4.78, 5) is 31.4. The van der Waals surface area contributed by atoms with Gasteiger partial charge in [0.25, 0.3) is 5.56 Å². The Morgan fingerprint density at radius 2 is 2.24 bits per heavy atom. The van der Waals surface area contributed by atoms with Gasteiger partial charge in [-0.05, 0) is 37.5 Å². The summed E-state index contributed by atoms with van der Waals surface area (Å²) >= 11 is 1.45. The van der Waals surface area contributed by atoms with E-state index in [4.69, 9.17) is 4.74 Å². The van der Waals surface area contributed by atoms with Crippen LogP contribution in [0.15, 0.2) is 34.2 Å². The lowest BCUT2D eigenvalue weighted by Crippen LogP contribution is -2.30. The van der Waals surface area contributed by atoms with E-state index >= 15 is 0 Å². The molecule has 0 saturated heterocycles. The third-order valence-corrected chi connectivity index (χ3v) is 4.93. The average molecular weight is 359 g/mol. The number of aromatic amines is 1. The zero-order chi connectivity index (χ0) is 17.8. The van der Waals surface area contributed by atoms with Gasteiger partial charge in [-0.2, -0.15) is 0 Å². The molecule has 1 aliphatic carbocycles.